The molecule has 0 fully saturated rings. The Morgan fingerprint density at radius 3 is 2.94 bits per heavy atom. The van der Waals surface area contributed by atoms with Gasteiger partial charge in [0.15, 0.2) is 0 Å². The first-order valence-electron chi connectivity index (χ1n) is 6.70. The van der Waals surface area contributed by atoms with Crippen LogP contribution in [0.15, 0.2) is 40.7 Å². The van der Waals surface area contributed by atoms with E-state index in [1.54, 1.807) is 0 Å². The van der Waals surface area contributed by atoms with Crippen molar-refractivity contribution in [2.75, 3.05) is 0 Å². The van der Waals surface area contributed by atoms with Gasteiger partial charge in [0, 0.05) is 6.54 Å². The maximum Gasteiger partial charge on any atom is 0.326 e. The van der Waals surface area contributed by atoms with Gasteiger partial charge in [-0.1, -0.05) is 23.8 Å². The van der Waals surface area contributed by atoms with E-state index in [2.05, 4.69) is 11.1 Å². The molecule has 1 heterocycles. The van der Waals surface area contributed by atoms with Gasteiger partial charge >= 0.3 is 5.69 Å². The van der Waals surface area contributed by atoms with E-state index in [1.165, 1.54) is 31.3 Å². The third kappa shape index (κ3) is 2.13. The van der Waals surface area contributed by atoms with E-state index >= 15 is 0 Å². The maximum absolute atomic E-state index is 11.9. The van der Waals surface area contributed by atoms with Crippen molar-refractivity contribution in [3.05, 3.63) is 46.4 Å². The van der Waals surface area contributed by atoms with Crippen LogP contribution in [0.2, 0.25) is 0 Å². The molecule has 94 valence electrons. The first kappa shape index (κ1) is 11.3. The fourth-order valence-corrected chi connectivity index (χ4v) is 2.72. The van der Waals surface area contributed by atoms with Crippen LogP contribution in [0.25, 0.3) is 11.0 Å². The van der Waals surface area contributed by atoms with Crippen LogP contribution in [-0.2, 0) is 6.54 Å². The van der Waals surface area contributed by atoms with Crippen LogP contribution in [0.5, 0.6) is 0 Å². The second-order valence-corrected chi connectivity index (χ2v) is 4.96. The van der Waals surface area contributed by atoms with Gasteiger partial charge in [-0.2, -0.15) is 0 Å². The lowest BCUT2D eigenvalue weighted by Gasteiger charge is -2.12. The third-order valence-corrected chi connectivity index (χ3v) is 3.72. The van der Waals surface area contributed by atoms with Crippen molar-refractivity contribution >= 4 is 11.0 Å². The van der Waals surface area contributed by atoms with E-state index in [1.807, 2.05) is 28.8 Å². The van der Waals surface area contributed by atoms with Gasteiger partial charge < -0.3 is 4.98 Å². The number of hydrogen-bond donors (Lipinski definition) is 1. The number of allylic oxidation sites excluding steroid dienone is 2. The van der Waals surface area contributed by atoms with Crippen molar-refractivity contribution in [3.63, 3.8) is 0 Å². The Hall–Kier alpha value is -1.77. The molecule has 0 aliphatic heterocycles. The lowest BCUT2D eigenvalue weighted by Crippen LogP contribution is -2.17. The Kier molecular flexibility index (Phi) is 3.05. The van der Waals surface area contributed by atoms with Gasteiger partial charge in [-0.15, -0.1) is 0 Å². The van der Waals surface area contributed by atoms with Crippen LogP contribution in [0.3, 0.4) is 0 Å². The first-order chi connectivity index (χ1) is 8.84. The van der Waals surface area contributed by atoms with E-state index in [0.29, 0.717) is 0 Å². The number of benzene rings is 1. The highest BCUT2D eigenvalue weighted by molar-refractivity contribution is 5.74. The van der Waals surface area contributed by atoms with Crippen LogP contribution in [0.4, 0.5) is 0 Å². The zero-order chi connectivity index (χ0) is 12.4. The minimum absolute atomic E-state index is 0.00705. The van der Waals surface area contributed by atoms with Crippen molar-refractivity contribution in [3.8, 4) is 0 Å². The molecule has 1 aliphatic rings. The number of nitrogens with one attached hydrogen (secondary N) is 1. The second kappa shape index (κ2) is 4.84. The predicted octanol–water partition coefficient (Wildman–Crippen LogP) is 3.22. The largest absolute Gasteiger partial charge is 0.326 e. The van der Waals surface area contributed by atoms with Crippen LogP contribution < -0.4 is 5.69 Å². The van der Waals surface area contributed by atoms with Crippen molar-refractivity contribution in [1.82, 2.24) is 9.55 Å². The van der Waals surface area contributed by atoms with Gasteiger partial charge in [0.05, 0.1) is 11.0 Å². The first-order valence-corrected chi connectivity index (χ1v) is 6.70. The molecule has 0 saturated heterocycles. The average Bonchev–Trinajstić information content (AvgIpc) is 2.73. The number of aromatic amines is 1. The van der Waals surface area contributed by atoms with E-state index in [-0.39, 0.29) is 5.69 Å². The van der Waals surface area contributed by atoms with Crippen molar-refractivity contribution in [2.45, 2.75) is 38.6 Å². The van der Waals surface area contributed by atoms with Gasteiger partial charge in [0.1, 0.15) is 0 Å². The highest BCUT2D eigenvalue weighted by Gasteiger charge is 2.08. The number of fused-ring (bicyclic) bond motifs is 1. The normalized spacial score (nSPS) is 15.9. The van der Waals surface area contributed by atoms with Crippen molar-refractivity contribution in [2.24, 2.45) is 0 Å². The van der Waals surface area contributed by atoms with Crippen LogP contribution in [0.1, 0.15) is 32.1 Å². The molecule has 2 aromatic rings. The summed E-state index contributed by atoms with van der Waals surface area (Å²) in [5, 5.41) is 0. The number of H-pyrrole nitrogens is 1. The minimum Gasteiger partial charge on any atom is -0.306 e. The summed E-state index contributed by atoms with van der Waals surface area (Å²) in [5.41, 5.74) is 3.46. The Morgan fingerprint density at radius 2 is 2.11 bits per heavy atom. The van der Waals surface area contributed by atoms with E-state index in [4.69, 9.17) is 0 Å². The summed E-state index contributed by atoms with van der Waals surface area (Å²) in [6, 6.07) is 7.88. The number of aryl methyl sites for hydroxylation is 1. The maximum atomic E-state index is 11.9. The summed E-state index contributed by atoms with van der Waals surface area (Å²) in [4.78, 5) is 14.8. The standard InChI is InChI=1S/C15H18N2O/c18-15-16-13-8-4-5-9-14(13)17(15)11-10-12-6-2-1-3-7-12/h4-6,8-9H,1-3,7,10-11H2,(H,16,18). The Balaban J connectivity index is 1.84. The molecule has 0 atom stereocenters. The smallest absolute Gasteiger partial charge is 0.306 e. The van der Waals surface area contributed by atoms with Gasteiger partial charge in [-0.05, 0) is 44.2 Å². The van der Waals surface area contributed by atoms with Gasteiger partial charge in [-0.25, -0.2) is 4.79 Å². The predicted molar refractivity (Wildman–Crippen MR) is 73.7 cm³/mol. The lowest BCUT2D eigenvalue weighted by atomic mass is 9.97. The summed E-state index contributed by atoms with van der Waals surface area (Å²) in [6.07, 6.45) is 8.38. The minimum atomic E-state index is 0.00705. The Bertz CT molecular complexity index is 633. The number of hydrogen-bond acceptors (Lipinski definition) is 1. The summed E-state index contributed by atoms with van der Waals surface area (Å²) in [6.45, 7) is 0.786. The molecule has 1 N–H and O–H groups in total. The van der Waals surface area contributed by atoms with Gasteiger partial charge in [0.2, 0.25) is 0 Å². The van der Waals surface area contributed by atoms with E-state index < -0.39 is 0 Å². The van der Waals surface area contributed by atoms with Crippen LogP contribution in [0, 0.1) is 0 Å². The quantitative estimate of drug-likeness (QED) is 0.824. The molecule has 0 spiro atoms. The van der Waals surface area contributed by atoms with Crippen LogP contribution in [-0.4, -0.2) is 9.55 Å². The highest BCUT2D eigenvalue weighted by atomic mass is 16.1. The molecule has 1 aliphatic carbocycles. The molecule has 0 unspecified atom stereocenters. The Morgan fingerprint density at radius 1 is 1.22 bits per heavy atom. The summed E-state index contributed by atoms with van der Waals surface area (Å²) < 4.78 is 1.85. The molecule has 0 saturated carbocycles. The fraction of sp³-hybridized carbons (Fsp3) is 0.400. The van der Waals surface area contributed by atoms with Crippen molar-refractivity contribution < 1.29 is 0 Å². The molecule has 18 heavy (non-hydrogen) atoms. The van der Waals surface area contributed by atoms with E-state index in [0.717, 1.165) is 24.0 Å². The molecule has 0 bridgehead atoms. The lowest BCUT2D eigenvalue weighted by molar-refractivity contribution is 0.624. The number of para-hydroxylation sites is 2. The molecular formula is C15H18N2O. The zero-order valence-corrected chi connectivity index (χ0v) is 10.5. The molecule has 1 aromatic carbocycles. The molecular weight excluding hydrogens is 224 g/mol. The zero-order valence-electron chi connectivity index (χ0n) is 10.5. The molecule has 3 heteroatoms. The summed E-state index contributed by atoms with van der Waals surface area (Å²) in [5.74, 6) is 0. The molecule has 0 amide bonds. The molecule has 0 radical (unpaired) electrons. The number of imidazole rings is 1. The molecule has 3 nitrogen and oxygen atoms in total. The number of aromatic nitrogens is 2. The van der Waals surface area contributed by atoms with Crippen molar-refractivity contribution in [1.29, 1.82) is 0 Å². The van der Waals surface area contributed by atoms with Gasteiger partial charge in [0.25, 0.3) is 0 Å². The molecule has 1 aromatic heterocycles. The average molecular weight is 242 g/mol. The summed E-state index contributed by atoms with van der Waals surface area (Å²) in [7, 11) is 0. The Labute approximate surface area is 106 Å². The SMILES string of the molecule is O=c1[nH]c2ccccc2n1CCC1=CCCCC1. The monoisotopic (exact) mass is 242 g/mol. The van der Waals surface area contributed by atoms with Crippen LogP contribution >= 0.6 is 0 Å². The van der Waals surface area contributed by atoms with Gasteiger partial charge in [-0.3, -0.25) is 4.57 Å². The number of rotatable bonds is 3. The fourth-order valence-electron chi connectivity index (χ4n) is 2.72. The van der Waals surface area contributed by atoms with E-state index in [9.17, 15) is 4.79 Å². The summed E-state index contributed by atoms with van der Waals surface area (Å²) >= 11 is 0. The third-order valence-electron chi connectivity index (χ3n) is 3.72. The molecule has 3 rings (SSSR count). The highest BCUT2D eigenvalue weighted by Crippen LogP contribution is 2.21. The topological polar surface area (TPSA) is 37.8 Å². The number of nitrogens with zero attached hydrogens (tertiary/aromatic N) is 1. The second-order valence-electron chi connectivity index (χ2n) is 4.96.